The van der Waals surface area contributed by atoms with Crippen molar-refractivity contribution in [3.8, 4) is 0 Å². The van der Waals surface area contributed by atoms with E-state index in [-0.39, 0.29) is 17.3 Å². The lowest BCUT2D eigenvalue weighted by atomic mass is 9.84. The van der Waals surface area contributed by atoms with Gasteiger partial charge in [-0.25, -0.2) is 0 Å². The Morgan fingerprint density at radius 2 is 2.10 bits per heavy atom. The SMILES string of the molecule is NC(=O)c1ccc([N+](=O)[O-])c(NC2CN3CCC2CC3)c1. The van der Waals surface area contributed by atoms with Crippen LogP contribution in [0, 0.1) is 16.0 Å². The minimum Gasteiger partial charge on any atom is -0.375 e. The van der Waals surface area contributed by atoms with Gasteiger partial charge in [0.2, 0.25) is 5.91 Å². The second kappa shape index (κ2) is 5.33. The number of benzene rings is 1. The molecule has 0 radical (unpaired) electrons. The van der Waals surface area contributed by atoms with E-state index in [0.717, 1.165) is 32.5 Å². The number of nitrogens with two attached hydrogens (primary N) is 1. The number of nitro groups is 1. The molecule has 1 aromatic rings. The number of piperidine rings is 3. The Bertz CT molecular complexity index is 582. The smallest absolute Gasteiger partial charge is 0.292 e. The van der Waals surface area contributed by atoms with E-state index < -0.39 is 10.8 Å². The van der Waals surface area contributed by atoms with Crippen LogP contribution >= 0.6 is 0 Å². The number of anilines is 1. The summed E-state index contributed by atoms with van der Waals surface area (Å²) < 4.78 is 0. The Kier molecular flexibility index (Phi) is 3.50. The highest BCUT2D eigenvalue weighted by molar-refractivity contribution is 5.94. The van der Waals surface area contributed by atoms with E-state index in [4.69, 9.17) is 5.73 Å². The number of nitrogens with one attached hydrogen (secondary N) is 1. The van der Waals surface area contributed by atoms with Crippen molar-refractivity contribution in [3.05, 3.63) is 33.9 Å². The first-order valence-electron chi connectivity index (χ1n) is 7.12. The number of amides is 1. The third-order valence-electron chi connectivity index (χ3n) is 4.47. The molecule has 3 heterocycles. The highest BCUT2D eigenvalue weighted by Crippen LogP contribution is 2.33. The molecule has 0 aromatic heterocycles. The number of carbonyl (C=O) groups excluding carboxylic acids is 1. The van der Waals surface area contributed by atoms with Crippen LogP contribution in [0.2, 0.25) is 0 Å². The van der Waals surface area contributed by atoms with E-state index >= 15 is 0 Å². The van der Waals surface area contributed by atoms with Gasteiger partial charge in [-0.15, -0.1) is 0 Å². The molecule has 3 saturated heterocycles. The van der Waals surface area contributed by atoms with E-state index in [1.54, 1.807) is 0 Å². The zero-order valence-electron chi connectivity index (χ0n) is 11.6. The van der Waals surface area contributed by atoms with Crippen LogP contribution < -0.4 is 11.1 Å². The van der Waals surface area contributed by atoms with Gasteiger partial charge in [0, 0.05) is 24.2 Å². The molecule has 7 heteroatoms. The summed E-state index contributed by atoms with van der Waals surface area (Å²) in [6, 6.07) is 4.40. The lowest BCUT2D eigenvalue weighted by Gasteiger charge is -2.45. The quantitative estimate of drug-likeness (QED) is 0.641. The summed E-state index contributed by atoms with van der Waals surface area (Å²) in [6.45, 7) is 3.10. The van der Waals surface area contributed by atoms with Crippen LogP contribution in [0.4, 0.5) is 11.4 Å². The topological polar surface area (TPSA) is 102 Å². The molecule has 4 rings (SSSR count). The van der Waals surface area contributed by atoms with Gasteiger partial charge in [-0.2, -0.15) is 0 Å². The number of hydrogen-bond donors (Lipinski definition) is 2. The summed E-state index contributed by atoms with van der Waals surface area (Å²) in [5, 5.41) is 14.4. The number of rotatable bonds is 4. The summed E-state index contributed by atoms with van der Waals surface area (Å²) in [6.07, 6.45) is 2.22. The second-order valence-corrected chi connectivity index (χ2v) is 5.74. The molecule has 0 spiro atoms. The Labute approximate surface area is 122 Å². The lowest BCUT2D eigenvalue weighted by molar-refractivity contribution is -0.384. The van der Waals surface area contributed by atoms with Crippen molar-refractivity contribution in [3.63, 3.8) is 0 Å². The molecule has 1 atom stereocenters. The molecule has 0 aliphatic carbocycles. The van der Waals surface area contributed by atoms with Crippen molar-refractivity contribution < 1.29 is 9.72 Å². The molecule has 7 nitrogen and oxygen atoms in total. The second-order valence-electron chi connectivity index (χ2n) is 5.74. The van der Waals surface area contributed by atoms with E-state index in [9.17, 15) is 14.9 Å². The number of hydrogen-bond acceptors (Lipinski definition) is 5. The third-order valence-corrected chi connectivity index (χ3v) is 4.47. The third kappa shape index (κ3) is 2.69. The monoisotopic (exact) mass is 290 g/mol. The maximum atomic E-state index is 11.3. The highest BCUT2D eigenvalue weighted by atomic mass is 16.6. The van der Waals surface area contributed by atoms with Crippen LogP contribution in [0.15, 0.2) is 18.2 Å². The van der Waals surface area contributed by atoms with Gasteiger partial charge in [0.25, 0.3) is 5.69 Å². The summed E-state index contributed by atoms with van der Waals surface area (Å²) in [4.78, 5) is 24.3. The molecule has 1 amide bonds. The fourth-order valence-electron chi connectivity index (χ4n) is 3.29. The lowest BCUT2D eigenvalue weighted by Crippen LogP contribution is -2.53. The zero-order chi connectivity index (χ0) is 15.0. The summed E-state index contributed by atoms with van der Waals surface area (Å²) in [5.74, 6) is -0.0475. The van der Waals surface area contributed by atoms with Crippen molar-refractivity contribution in [2.45, 2.75) is 18.9 Å². The Hall–Kier alpha value is -2.15. The maximum Gasteiger partial charge on any atom is 0.292 e. The van der Waals surface area contributed by atoms with E-state index in [2.05, 4.69) is 10.2 Å². The predicted molar refractivity (Wildman–Crippen MR) is 78.2 cm³/mol. The molecular formula is C14H18N4O3. The summed E-state index contributed by atoms with van der Waals surface area (Å²) in [5.41, 5.74) is 5.91. The van der Waals surface area contributed by atoms with Crippen LogP contribution in [0.1, 0.15) is 23.2 Å². The van der Waals surface area contributed by atoms with Crippen molar-refractivity contribution in [2.75, 3.05) is 25.0 Å². The first-order valence-corrected chi connectivity index (χ1v) is 7.12. The summed E-state index contributed by atoms with van der Waals surface area (Å²) in [7, 11) is 0. The molecule has 21 heavy (non-hydrogen) atoms. The molecule has 2 bridgehead atoms. The molecule has 1 aromatic carbocycles. The minimum atomic E-state index is -0.582. The van der Waals surface area contributed by atoms with Gasteiger partial charge in [-0.1, -0.05) is 0 Å². The maximum absolute atomic E-state index is 11.3. The predicted octanol–water partition coefficient (Wildman–Crippen LogP) is 1.20. The Morgan fingerprint density at radius 3 is 2.62 bits per heavy atom. The number of primary amides is 1. The first kappa shape index (κ1) is 13.8. The van der Waals surface area contributed by atoms with E-state index in [1.807, 2.05) is 0 Å². The fraction of sp³-hybridized carbons (Fsp3) is 0.500. The highest BCUT2D eigenvalue weighted by Gasteiger charge is 2.35. The van der Waals surface area contributed by atoms with Gasteiger partial charge in [0.1, 0.15) is 5.69 Å². The van der Waals surface area contributed by atoms with Crippen LogP contribution in [-0.2, 0) is 0 Å². The van der Waals surface area contributed by atoms with Crippen molar-refractivity contribution in [1.82, 2.24) is 4.90 Å². The van der Waals surface area contributed by atoms with Gasteiger partial charge in [0.15, 0.2) is 0 Å². The minimum absolute atomic E-state index is 0.0172. The molecule has 0 saturated carbocycles. The van der Waals surface area contributed by atoms with Crippen molar-refractivity contribution in [1.29, 1.82) is 0 Å². The molecule has 1 unspecified atom stereocenters. The van der Waals surface area contributed by atoms with Crippen LogP contribution in [0.5, 0.6) is 0 Å². The van der Waals surface area contributed by atoms with Gasteiger partial charge >= 0.3 is 0 Å². The molecular weight excluding hydrogens is 272 g/mol. The first-order chi connectivity index (χ1) is 10.0. The Balaban J connectivity index is 1.87. The fourth-order valence-corrected chi connectivity index (χ4v) is 3.29. The van der Waals surface area contributed by atoms with E-state index in [1.165, 1.54) is 18.2 Å². The van der Waals surface area contributed by atoms with Crippen LogP contribution in [-0.4, -0.2) is 41.4 Å². The molecule has 3 aliphatic rings. The molecule has 3 aliphatic heterocycles. The van der Waals surface area contributed by atoms with E-state index in [0.29, 0.717) is 11.6 Å². The number of nitro benzene ring substituents is 1. The van der Waals surface area contributed by atoms with Gasteiger partial charge in [0.05, 0.1) is 4.92 Å². The number of carbonyl (C=O) groups is 1. The molecule has 3 fully saturated rings. The van der Waals surface area contributed by atoms with Gasteiger partial charge in [-0.3, -0.25) is 14.9 Å². The molecule has 112 valence electrons. The average Bonchev–Trinajstić information content (AvgIpc) is 2.48. The largest absolute Gasteiger partial charge is 0.375 e. The van der Waals surface area contributed by atoms with Crippen LogP contribution in [0.25, 0.3) is 0 Å². The Morgan fingerprint density at radius 1 is 1.38 bits per heavy atom. The zero-order valence-corrected chi connectivity index (χ0v) is 11.6. The van der Waals surface area contributed by atoms with Gasteiger partial charge < -0.3 is 16.0 Å². The standard InChI is InChI=1S/C14H18N4O3/c15-14(19)10-1-2-13(18(20)21)11(7-10)16-12-8-17-5-3-9(12)4-6-17/h1-2,7,9,12,16H,3-6,8H2,(H2,15,19). The number of fused-ring (bicyclic) bond motifs is 3. The average molecular weight is 290 g/mol. The summed E-state index contributed by atoms with van der Waals surface area (Å²) >= 11 is 0. The normalized spacial score (nSPS) is 27.3. The number of nitrogens with zero attached hydrogens (tertiary/aromatic N) is 2. The van der Waals surface area contributed by atoms with Crippen molar-refractivity contribution >= 4 is 17.3 Å². The van der Waals surface area contributed by atoms with Gasteiger partial charge in [-0.05, 0) is 44.0 Å². The molecule has 3 N–H and O–H groups in total. The van der Waals surface area contributed by atoms with Crippen LogP contribution in [0.3, 0.4) is 0 Å². The van der Waals surface area contributed by atoms with Crippen molar-refractivity contribution in [2.24, 2.45) is 11.7 Å².